The minimum Gasteiger partial charge on any atom is -0.393 e. The number of carbonyl (C=O) groups is 1. The fraction of sp³-hybridized carbons (Fsp3) is 0.467. The molecular weight excluding hydrogens is 256 g/mol. The van der Waals surface area contributed by atoms with Crippen molar-refractivity contribution >= 4 is 23.1 Å². The van der Waals surface area contributed by atoms with E-state index >= 15 is 0 Å². The number of hydrogen-bond donors (Lipinski definition) is 2. The van der Waals surface area contributed by atoms with E-state index in [9.17, 15) is 4.79 Å². The van der Waals surface area contributed by atoms with Gasteiger partial charge < -0.3 is 11.1 Å². The van der Waals surface area contributed by atoms with Crippen molar-refractivity contribution < 1.29 is 4.79 Å². The van der Waals surface area contributed by atoms with Gasteiger partial charge in [-0.3, -0.25) is 4.79 Å². The fourth-order valence-electron chi connectivity index (χ4n) is 2.62. The Labute approximate surface area is 119 Å². The zero-order valence-corrected chi connectivity index (χ0v) is 12.0. The van der Waals surface area contributed by atoms with Gasteiger partial charge in [-0.25, -0.2) is 0 Å². The monoisotopic (exact) mass is 276 g/mol. The van der Waals surface area contributed by atoms with Crippen molar-refractivity contribution in [3.05, 3.63) is 35.4 Å². The quantitative estimate of drug-likeness (QED) is 0.831. The number of aryl methyl sites for hydroxylation is 1. The van der Waals surface area contributed by atoms with E-state index in [2.05, 4.69) is 12.2 Å². The third kappa shape index (κ3) is 3.32. The van der Waals surface area contributed by atoms with Crippen LogP contribution >= 0.6 is 12.2 Å². The van der Waals surface area contributed by atoms with Gasteiger partial charge in [-0.05, 0) is 37.0 Å². The van der Waals surface area contributed by atoms with Gasteiger partial charge in [0.1, 0.15) is 0 Å². The maximum absolute atomic E-state index is 12.2. The van der Waals surface area contributed by atoms with Gasteiger partial charge in [-0.2, -0.15) is 0 Å². The second-order valence-electron chi connectivity index (χ2n) is 5.07. The van der Waals surface area contributed by atoms with Crippen LogP contribution in [0, 0.1) is 5.92 Å². The molecule has 1 aromatic rings. The first-order chi connectivity index (χ1) is 9.11. The summed E-state index contributed by atoms with van der Waals surface area (Å²) in [6, 6.07) is 7.83. The van der Waals surface area contributed by atoms with Gasteiger partial charge in [-0.1, -0.05) is 37.7 Å². The van der Waals surface area contributed by atoms with Gasteiger partial charge in [0.25, 0.3) is 5.91 Å². The van der Waals surface area contributed by atoms with Crippen molar-refractivity contribution in [2.45, 2.75) is 38.6 Å². The van der Waals surface area contributed by atoms with E-state index in [-0.39, 0.29) is 17.9 Å². The summed E-state index contributed by atoms with van der Waals surface area (Å²) in [7, 11) is 0. The van der Waals surface area contributed by atoms with Crippen LogP contribution in [-0.2, 0) is 6.42 Å². The Morgan fingerprint density at radius 2 is 2.05 bits per heavy atom. The second kappa shape index (κ2) is 6.15. The van der Waals surface area contributed by atoms with Crippen LogP contribution in [0.25, 0.3) is 0 Å². The molecule has 1 aliphatic rings. The molecule has 3 nitrogen and oxygen atoms in total. The maximum Gasteiger partial charge on any atom is 0.251 e. The molecule has 0 aliphatic heterocycles. The molecule has 1 amide bonds. The third-order valence-electron chi connectivity index (χ3n) is 3.82. The highest BCUT2D eigenvalue weighted by Gasteiger charge is 2.30. The van der Waals surface area contributed by atoms with E-state index in [1.165, 1.54) is 5.56 Å². The molecule has 19 heavy (non-hydrogen) atoms. The lowest BCUT2D eigenvalue weighted by Crippen LogP contribution is -2.41. The molecule has 1 saturated carbocycles. The molecule has 3 N–H and O–H groups in total. The predicted octanol–water partition coefficient (Wildman–Crippen LogP) is 2.43. The highest BCUT2D eigenvalue weighted by molar-refractivity contribution is 7.80. The number of carbonyl (C=O) groups excluding carboxylic acids is 1. The SMILES string of the molecule is CCc1ccc(C(=O)NC2CCCC2C(N)=S)cc1. The smallest absolute Gasteiger partial charge is 0.251 e. The molecule has 0 spiro atoms. The lowest BCUT2D eigenvalue weighted by Gasteiger charge is -2.20. The van der Waals surface area contributed by atoms with E-state index in [4.69, 9.17) is 18.0 Å². The minimum absolute atomic E-state index is 0.0317. The van der Waals surface area contributed by atoms with Crippen LogP contribution in [0.1, 0.15) is 42.1 Å². The number of amides is 1. The Bertz CT molecular complexity index is 470. The molecule has 0 saturated heterocycles. The zero-order chi connectivity index (χ0) is 13.8. The third-order valence-corrected chi connectivity index (χ3v) is 4.13. The topological polar surface area (TPSA) is 55.1 Å². The number of benzene rings is 1. The first-order valence-electron chi connectivity index (χ1n) is 6.81. The summed E-state index contributed by atoms with van der Waals surface area (Å²) in [5.74, 6) is 0.115. The predicted molar refractivity (Wildman–Crippen MR) is 81.2 cm³/mol. The molecule has 0 radical (unpaired) electrons. The number of rotatable bonds is 4. The van der Waals surface area contributed by atoms with Crippen molar-refractivity contribution in [3.63, 3.8) is 0 Å². The molecule has 1 fully saturated rings. The van der Waals surface area contributed by atoms with Gasteiger partial charge in [-0.15, -0.1) is 0 Å². The van der Waals surface area contributed by atoms with E-state index < -0.39 is 0 Å². The summed E-state index contributed by atoms with van der Waals surface area (Å²) in [5, 5.41) is 3.06. The average Bonchev–Trinajstić information content (AvgIpc) is 2.87. The Hall–Kier alpha value is -1.42. The molecule has 0 bridgehead atoms. The molecule has 2 unspecified atom stereocenters. The molecule has 2 atom stereocenters. The van der Waals surface area contributed by atoms with Crippen molar-refractivity contribution in [2.24, 2.45) is 11.7 Å². The van der Waals surface area contributed by atoms with Crippen LogP contribution in [0.5, 0.6) is 0 Å². The Balaban J connectivity index is 2.01. The normalized spacial score (nSPS) is 22.2. The van der Waals surface area contributed by atoms with E-state index in [0.29, 0.717) is 10.6 Å². The first kappa shape index (κ1) is 14.0. The van der Waals surface area contributed by atoms with Gasteiger partial charge in [0.05, 0.1) is 4.99 Å². The number of thiocarbonyl (C=S) groups is 1. The summed E-state index contributed by atoms with van der Waals surface area (Å²) in [4.78, 5) is 12.7. The summed E-state index contributed by atoms with van der Waals surface area (Å²) >= 11 is 5.06. The Morgan fingerprint density at radius 1 is 1.37 bits per heavy atom. The molecule has 4 heteroatoms. The van der Waals surface area contributed by atoms with Crippen molar-refractivity contribution in [3.8, 4) is 0 Å². The molecule has 2 rings (SSSR count). The van der Waals surface area contributed by atoms with Crippen LogP contribution < -0.4 is 11.1 Å². The van der Waals surface area contributed by atoms with Crippen LogP contribution in [0.3, 0.4) is 0 Å². The fourth-order valence-corrected chi connectivity index (χ4v) is 2.90. The summed E-state index contributed by atoms with van der Waals surface area (Å²) in [6.45, 7) is 2.10. The van der Waals surface area contributed by atoms with Crippen LogP contribution in [0.2, 0.25) is 0 Å². The Kier molecular flexibility index (Phi) is 4.53. The van der Waals surface area contributed by atoms with Gasteiger partial charge >= 0.3 is 0 Å². The van der Waals surface area contributed by atoms with Gasteiger partial charge in [0, 0.05) is 17.5 Å². The molecule has 0 aromatic heterocycles. The first-order valence-corrected chi connectivity index (χ1v) is 7.21. The summed E-state index contributed by atoms with van der Waals surface area (Å²) < 4.78 is 0. The Morgan fingerprint density at radius 3 is 2.63 bits per heavy atom. The average molecular weight is 276 g/mol. The zero-order valence-electron chi connectivity index (χ0n) is 11.2. The van der Waals surface area contributed by atoms with Crippen LogP contribution in [-0.4, -0.2) is 16.9 Å². The maximum atomic E-state index is 12.2. The largest absolute Gasteiger partial charge is 0.393 e. The van der Waals surface area contributed by atoms with E-state index in [1.54, 1.807) is 0 Å². The van der Waals surface area contributed by atoms with Gasteiger partial charge in [0.2, 0.25) is 0 Å². The molecule has 102 valence electrons. The van der Waals surface area contributed by atoms with E-state index in [0.717, 1.165) is 25.7 Å². The second-order valence-corrected chi connectivity index (χ2v) is 5.54. The molecule has 0 heterocycles. The molecule has 1 aromatic carbocycles. The number of nitrogens with one attached hydrogen (secondary N) is 1. The lowest BCUT2D eigenvalue weighted by molar-refractivity contribution is 0.0934. The standard InChI is InChI=1S/C15H20N2OS/c1-2-10-6-8-11(9-7-10)15(18)17-13-5-3-4-12(13)14(16)19/h6-9,12-13H,2-5H2,1H3,(H2,16,19)(H,17,18). The highest BCUT2D eigenvalue weighted by Crippen LogP contribution is 2.26. The number of nitrogens with two attached hydrogens (primary N) is 1. The van der Waals surface area contributed by atoms with Crippen molar-refractivity contribution in [1.29, 1.82) is 0 Å². The lowest BCUT2D eigenvalue weighted by atomic mass is 10.0. The highest BCUT2D eigenvalue weighted by atomic mass is 32.1. The van der Waals surface area contributed by atoms with Gasteiger partial charge in [0.15, 0.2) is 0 Å². The summed E-state index contributed by atoms with van der Waals surface area (Å²) in [6.07, 6.45) is 3.99. The molecular formula is C15H20N2OS. The van der Waals surface area contributed by atoms with Crippen molar-refractivity contribution in [1.82, 2.24) is 5.32 Å². The van der Waals surface area contributed by atoms with Crippen molar-refractivity contribution in [2.75, 3.05) is 0 Å². The van der Waals surface area contributed by atoms with Crippen LogP contribution in [0.4, 0.5) is 0 Å². The summed E-state index contributed by atoms with van der Waals surface area (Å²) in [5.41, 5.74) is 7.66. The van der Waals surface area contributed by atoms with E-state index in [1.807, 2.05) is 24.3 Å². The van der Waals surface area contributed by atoms with Crippen LogP contribution in [0.15, 0.2) is 24.3 Å². The number of hydrogen-bond acceptors (Lipinski definition) is 2. The minimum atomic E-state index is -0.0317. The molecule has 1 aliphatic carbocycles.